The van der Waals surface area contributed by atoms with Crippen LogP contribution in [0.3, 0.4) is 0 Å². The van der Waals surface area contributed by atoms with E-state index in [0.717, 1.165) is 18.4 Å². The molecule has 1 amide bonds. The fraction of sp³-hybridized carbons (Fsp3) is 0.500. The van der Waals surface area contributed by atoms with Crippen molar-refractivity contribution in [3.8, 4) is 0 Å². The van der Waals surface area contributed by atoms with Gasteiger partial charge in [0.05, 0.1) is 13.0 Å². The van der Waals surface area contributed by atoms with Crippen molar-refractivity contribution in [1.29, 1.82) is 0 Å². The quantitative estimate of drug-likeness (QED) is 0.803. The van der Waals surface area contributed by atoms with Gasteiger partial charge >= 0.3 is 12.1 Å². The first kappa shape index (κ1) is 15.4. The number of benzene rings is 1. The third-order valence-corrected chi connectivity index (χ3v) is 3.86. The number of hydrogen-bond donors (Lipinski definition) is 0. The van der Waals surface area contributed by atoms with E-state index in [2.05, 4.69) is 0 Å². The highest BCUT2D eigenvalue weighted by Crippen LogP contribution is 2.23. The molecule has 0 saturated carbocycles. The Kier molecular flexibility index (Phi) is 5.20. The van der Waals surface area contributed by atoms with Crippen molar-refractivity contribution < 1.29 is 19.1 Å². The van der Waals surface area contributed by atoms with Crippen molar-refractivity contribution >= 4 is 12.1 Å². The van der Waals surface area contributed by atoms with Crippen LogP contribution < -0.4 is 0 Å². The summed E-state index contributed by atoms with van der Waals surface area (Å²) in [5.74, 6) is -0.516. The molecule has 5 heteroatoms. The summed E-state index contributed by atoms with van der Waals surface area (Å²) in [7, 11) is 1.37. The summed E-state index contributed by atoms with van der Waals surface area (Å²) < 4.78 is 10.1. The summed E-state index contributed by atoms with van der Waals surface area (Å²) in [6.45, 7) is 2.57. The van der Waals surface area contributed by atoms with Gasteiger partial charge in [-0.05, 0) is 25.3 Å². The molecule has 1 aliphatic heterocycles. The van der Waals surface area contributed by atoms with E-state index in [9.17, 15) is 9.59 Å². The Labute approximate surface area is 124 Å². The molecular formula is C16H21NO4. The Morgan fingerprint density at radius 3 is 2.62 bits per heavy atom. The van der Waals surface area contributed by atoms with Gasteiger partial charge in [0, 0.05) is 12.6 Å². The summed E-state index contributed by atoms with van der Waals surface area (Å²) in [6.07, 6.45) is 1.15. The summed E-state index contributed by atoms with van der Waals surface area (Å²) >= 11 is 0. The number of ether oxygens (including phenoxy) is 2. The number of likely N-dealkylation sites (tertiary alicyclic amines) is 1. The Balaban J connectivity index is 1.92. The van der Waals surface area contributed by atoms with E-state index in [1.165, 1.54) is 7.11 Å². The van der Waals surface area contributed by atoms with Crippen molar-refractivity contribution in [3.05, 3.63) is 35.9 Å². The van der Waals surface area contributed by atoms with Crippen LogP contribution in [-0.4, -0.2) is 36.7 Å². The first-order valence-corrected chi connectivity index (χ1v) is 7.17. The van der Waals surface area contributed by atoms with Crippen LogP contribution in [0.25, 0.3) is 0 Å². The molecule has 2 atom stereocenters. The highest BCUT2D eigenvalue weighted by molar-refractivity contribution is 5.75. The smallest absolute Gasteiger partial charge is 0.410 e. The minimum absolute atomic E-state index is 0.0779. The predicted octanol–water partition coefficient (Wildman–Crippen LogP) is 2.60. The van der Waals surface area contributed by atoms with E-state index in [-0.39, 0.29) is 30.6 Å². The van der Waals surface area contributed by atoms with Crippen LogP contribution in [0.5, 0.6) is 0 Å². The Morgan fingerprint density at radius 2 is 1.95 bits per heavy atom. The molecule has 0 bridgehead atoms. The number of rotatable bonds is 3. The van der Waals surface area contributed by atoms with Gasteiger partial charge in [-0.1, -0.05) is 30.3 Å². The zero-order valence-corrected chi connectivity index (χ0v) is 12.5. The molecule has 0 N–H and O–H groups in total. The van der Waals surface area contributed by atoms with Gasteiger partial charge in [0.1, 0.15) is 6.61 Å². The van der Waals surface area contributed by atoms with E-state index in [1.807, 2.05) is 37.3 Å². The molecule has 21 heavy (non-hydrogen) atoms. The second-order valence-electron chi connectivity index (χ2n) is 5.34. The van der Waals surface area contributed by atoms with Gasteiger partial charge in [-0.2, -0.15) is 0 Å². The lowest BCUT2D eigenvalue weighted by molar-refractivity contribution is -0.147. The normalized spacial score (nSPS) is 21.7. The molecule has 0 aromatic heterocycles. The molecule has 114 valence electrons. The minimum atomic E-state index is -0.375. The highest BCUT2D eigenvalue weighted by Gasteiger charge is 2.33. The number of amides is 1. The second kappa shape index (κ2) is 7.11. The van der Waals surface area contributed by atoms with Crippen molar-refractivity contribution in [2.75, 3.05) is 13.7 Å². The van der Waals surface area contributed by atoms with Gasteiger partial charge < -0.3 is 14.4 Å². The number of esters is 1. The van der Waals surface area contributed by atoms with E-state index in [0.29, 0.717) is 6.54 Å². The zero-order valence-electron chi connectivity index (χ0n) is 12.5. The molecule has 0 spiro atoms. The lowest BCUT2D eigenvalue weighted by atomic mass is 9.94. The van der Waals surface area contributed by atoms with Gasteiger partial charge in [-0.3, -0.25) is 4.79 Å². The molecule has 0 radical (unpaired) electrons. The Morgan fingerprint density at radius 1 is 1.24 bits per heavy atom. The maximum absolute atomic E-state index is 12.2. The van der Waals surface area contributed by atoms with Crippen LogP contribution >= 0.6 is 0 Å². The first-order chi connectivity index (χ1) is 10.1. The average molecular weight is 291 g/mol. The van der Waals surface area contributed by atoms with Gasteiger partial charge in [0.25, 0.3) is 0 Å². The molecule has 1 aromatic rings. The third-order valence-electron chi connectivity index (χ3n) is 3.86. The standard InChI is InChI=1S/C16H21NO4/c1-12-8-9-14(15(18)20-2)10-17(12)16(19)21-11-13-6-4-3-5-7-13/h3-7,12,14H,8-11H2,1-2H3/t12-,14-/m0/s1. The van der Waals surface area contributed by atoms with Crippen LogP contribution in [-0.2, 0) is 20.9 Å². The largest absolute Gasteiger partial charge is 0.469 e. The highest BCUT2D eigenvalue weighted by atomic mass is 16.6. The average Bonchev–Trinajstić information content (AvgIpc) is 2.53. The number of nitrogens with zero attached hydrogens (tertiary/aromatic N) is 1. The maximum Gasteiger partial charge on any atom is 0.410 e. The van der Waals surface area contributed by atoms with E-state index >= 15 is 0 Å². The summed E-state index contributed by atoms with van der Waals surface area (Å²) in [5.41, 5.74) is 0.944. The van der Waals surface area contributed by atoms with Gasteiger partial charge in [0.2, 0.25) is 0 Å². The van der Waals surface area contributed by atoms with E-state index < -0.39 is 0 Å². The van der Waals surface area contributed by atoms with Crippen molar-refractivity contribution in [3.63, 3.8) is 0 Å². The third kappa shape index (κ3) is 3.97. The predicted molar refractivity (Wildman–Crippen MR) is 77.5 cm³/mol. The van der Waals surface area contributed by atoms with Crippen LogP contribution in [0, 0.1) is 5.92 Å². The maximum atomic E-state index is 12.2. The van der Waals surface area contributed by atoms with Gasteiger partial charge in [0.15, 0.2) is 0 Å². The molecule has 1 saturated heterocycles. The Bertz CT molecular complexity index is 488. The lowest BCUT2D eigenvalue weighted by Crippen LogP contribution is -2.47. The molecule has 5 nitrogen and oxygen atoms in total. The molecular weight excluding hydrogens is 270 g/mol. The van der Waals surface area contributed by atoms with E-state index in [4.69, 9.17) is 9.47 Å². The van der Waals surface area contributed by atoms with Crippen molar-refractivity contribution in [2.45, 2.75) is 32.4 Å². The first-order valence-electron chi connectivity index (χ1n) is 7.17. The lowest BCUT2D eigenvalue weighted by Gasteiger charge is -2.36. The summed E-state index contributed by atoms with van der Waals surface area (Å²) in [4.78, 5) is 25.4. The number of methoxy groups -OCH3 is 1. The number of carbonyl (C=O) groups excluding carboxylic acids is 2. The topological polar surface area (TPSA) is 55.8 Å². The van der Waals surface area contributed by atoms with Crippen LogP contribution in [0.4, 0.5) is 4.79 Å². The fourth-order valence-corrected chi connectivity index (χ4v) is 2.52. The molecule has 1 fully saturated rings. The van der Waals surface area contributed by atoms with Crippen LogP contribution in [0.1, 0.15) is 25.3 Å². The number of carbonyl (C=O) groups is 2. The van der Waals surface area contributed by atoms with Gasteiger partial charge in [-0.15, -0.1) is 0 Å². The minimum Gasteiger partial charge on any atom is -0.469 e. The van der Waals surface area contributed by atoms with Crippen LogP contribution in [0.15, 0.2) is 30.3 Å². The number of hydrogen-bond acceptors (Lipinski definition) is 4. The van der Waals surface area contributed by atoms with Crippen LogP contribution in [0.2, 0.25) is 0 Å². The second-order valence-corrected chi connectivity index (χ2v) is 5.34. The molecule has 2 rings (SSSR count). The van der Waals surface area contributed by atoms with Gasteiger partial charge in [-0.25, -0.2) is 4.79 Å². The fourth-order valence-electron chi connectivity index (χ4n) is 2.52. The molecule has 0 unspecified atom stereocenters. The van der Waals surface area contributed by atoms with E-state index in [1.54, 1.807) is 4.90 Å². The number of piperidine rings is 1. The molecule has 1 aliphatic rings. The molecule has 1 heterocycles. The summed E-state index contributed by atoms with van der Waals surface area (Å²) in [5, 5.41) is 0. The molecule has 0 aliphatic carbocycles. The van der Waals surface area contributed by atoms with Crippen molar-refractivity contribution in [2.24, 2.45) is 5.92 Å². The monoisotopic (exact) mass is 291 g/mol. The zero-order chi connectivity index (χ0) is 15.2. The SMILES string of the molecule is COC(=O)[C@H]1CC[C@H](C)N(C(=O)OCc2ccccc2)C1. The summed E-state index contributed by atoms with van der Waals surface area (Å²) in [6, 6.07) is 9.61. The van der Waals surface area contributed by atoms with Crippen molar-refractivity contribution in [1.82, 2.24) is 4.90 Å². The molecule has 1 aromatic carbocycles. The Hall–Kier alpha value is -2.04.